The summed E-state index contributed by atoms with van der Waals surface area (Å²) in [6, 6.07) is 5.28. The minimum Gasteiger partial charge on any atom is -0.463 e. The average molecular weight is 364 g/mol. The van der Waals surface area contributed by atoms with Crippen molar-refractivity contribution in [3.63, 3.8) is 0 Å². The topological polar surface area (TPSA) is 82.8 Å². The molecule has 0 unspecified atom stereocenters. The van der Waals surface area contributed by atoms with Crippen molar-refractivity contribution in [1.82, 2.24) is 5.32 Å². The van der Waals surface area contributed by atoms with E-state index >= 15 is 0 Å². The van der Waals surface area contributed by atoms with Crippen molar-refractivity contribution in [2.75, 3.05) is 53.3 Å². The Labute approximate surface area is 153 Å². The molecule has 0 aromatic heterocycles. The van der Waals surface area contributed by atoms with Gasteiger partial charge in [-0.15, -0.1) is 0 Å². The van der Waals surface area contributed by atoms with Gasteiger partial charge in [0.05, 0.1) is 32.8 Å². The molecular formula is C18H26N3O5+. The lowest BCUT2D eigenvalue weighted by Crippen LogP contribution is -3.10. The molecule has 8 nitrogen and oxygen atoms in total. The predicted octanol–water partition coefficient (Wildman–Crippen LogP) is -0.157. The molecule has 1 fully saturated rings. The van der Waals surface area contributed by atoms with Crippen molar-refractivity contribution in [3.8, 4) is 11.5 Å². The average Bonchev–Trinajstić information content (AvgIpc) is 3.32. The maximum Gasteiger partial charge on any atom is 0.291 e. The molecule has 0 spiro atoms. The van der Waals surface area contributed by atoms with Crippen LogP contribution in [-0.2, 0) is 9.47 Å². The molecule has 1 aromatic rings. The Morgan fingerprint density at radius 1 is 1.23 bits per heavy atom. The van der Waals surface area contributed by atoms with Crippen LogP contribution >= 0.6 is 0 Å². The lowest BCUT2D eigenvalue weighted by molar-refractivity contribution is -0.885. The van der Waals surface area contributed by atoms with Gasteiger partial charge >= 0.3 is 0 Å². The third-order valence-corrected chi connectivity index (χ3v) is 4.41. The van der Waals surface area contributed by atoms with E-state index in [1.54, 1.807) is 30.2 Å². The molecule has 1 aromatic carbocycles. The molecule has 2 heterocycles. The summed E-state index contributed by atoms with van der Waals surface area (Å²) in [5, 5.41) is 2.74. The quantitative estimate of drug-likeness (QED) is 0.399. The first-order valence-electron chi connectivity index (χ1n) is 8.97. The van der Waals surface area contributed by atoms with Gasteiger partial charge < -0.3 is 23.8 Å². The first-order chi connectivity index (χ1) is 12.8. The van der Waals surface area contributed by atoms with Crippen LogP contribution in [-0.4, -0.2) is 65.2 Å². The third kappa shape index (κ3) is 5.09. The number of nitrogens with zero attached hydrogens (tertiary/aromatic N) is 1. The molecule has 3 rings (SSSR count). The van der Waals surface area contributed by atoms with Gasteiger partial charge in [-0.3, -0.25) is 10.1 Å². The van der Waals surface area contributed by atoms with E-state index < -0.39 is 0 Å². The summed E-state index contributed by atoms with van der Waals surface area (Å²) in [5.41, 5.74) is 0.461. The Morgan fingerprint density at radius 2 is 2.04 bits per heavy atom. The van der Waals surface area contributed by atoms with E-state index in [9.17, 15) is 4.79 Å². The van der Waals surface area contributed by atoms with Crippen LogP contribution in [0.25, 0.3) is 0 Å². The van der Waals surface area contributed by atoms with Crippen LogP contribution in [0.3, 0.4) is 0 Å². The monoisotopic (exact) mass is 364 g/mol. The summed E-state index contributed by atoms with van der Waals surface area (Å²) in [5.74, 6) is 0.905. The molecule has 142 valence electrons. The Morgan fingerprint density at radius 3 is 2.85 bits per heavy atom. The van der Waals surface area contributed by atoms with E-state index in [0.29, 0.717) is 36.8 Å². The van der Waals surface area contributed by atoms with Crippen LogP contribution in [0.1, 0.15) is 23.2 Å². The smallest absolute Gasteiger partial charge is 0.291 e. The molecule has 0 radical (unpaired) electrons. The Balaban J connectivity index is 1.58. The van der Waals surface area contributed by atoms with E-state index in [0.717, 1.165) is 6.54 Å². The van der Waals surface area contributed by atoms with Gasteiger partial charge in [-0.1, -0.05) is 0 Å². The lowest BCUT2D eigenvalue weighted by Gasteiger charge is -2.13. The molecule has 8 heteroatoms. The molecule has 0 atom stereocenters. The van der Waals surface area contributed by atoms with Gasteiger partial charge in [0.1, 0.15) is 6.61 Å². The molecule has 0 bridgehead atoms. The Hall–Kier alpha value is -2.32. The van der Waals surface area contributed by atoms with E-state index in [-0.39, 0.29) is 18.7 Å². The minimum absolute atomic E-state index is 0.173. The number of amidine groups is 1. The van der Waals surface area contributed by atoms with Gasteiger partial charge in [-0.05, 0) is 18.2 Å². The van der Waals surface area contributed by atoms with Gasteiger partial charge in [-0.25, -0.2) is 4.99 Å². The standard InChI is InChI=1S/C18H25N3O5/c1-23-10-11-24-18(19-6-9-21-7-2-3-8-21)20-17(22)14-4-5-15-16(12-14)26-13-25-15/h4-5,12H,2-3,6-11,13H2,1H3,(H,19,20,22)/p+1. The van der Waals surface area contributed by atoms with E-state index in [1.807, 2.05) is 0 Å². The van der Waals surface area contributed by atoms with Crippen LogP contribution in [0.5, 0.6) is 11.5 Å². The number of fused-ring (bicyclic) bond motifs is 1. The summed E-state index contributed by atoms with van der Waals surface area (Å²) >= 11 is 0. The number of carbonyl (C=O) groups is 1. The number of ether oxygens (including phenoxy) is 4. The second-order valence-electron chi connectivity index (χ2n) is 6.26. The van der Waals surface area contributed by atoms with Crippen LogP contribution in [0.15, 0.2) is 23.2 Å². The number of carbonyl (C=O) groups excluding carboxylic acids is 1. The molecule has 26 heavy (non-hydrogen) atoms. The van der Waals surface area contributed by atoms with Crippen molar-refractivity contribution >= 4 is 11.9 Å². The number of quaternary nitrogens is 1. The number of benzene rings is 1. The van der Waals surface area contributed by atoms with Gasteiger partial charge in [0.15, 0.2) is 11.5 Å². The highest BCUT2D eigenvalue weighted by molar-refractivity contribution is 6.04. The number of likely N-dealkylation sites (tertiary alicyclic amines) is 1. The predicted molar refractivity (Wildman–Crippen MR) is 95.0 cm³/mol. The first kappa shape index (κ1) is 18.5. The number of aliphatic imine (C=N–C) groups is 1. The molecule has 2 N–H and O–H groups in total. The van der Waals surface area contributed by atoms with Crippen molar-refractivity contribution in [2.24, 2.45) is 4.99 Å². The molecule has 2 aliphatic rings. The van der Waals surface area contributed by atoms with E-state index in [4.69, 9.17) is 18.9 Å². The maximum atomic E-state index is 12.5. The number of methoxy groups -OCH3 is 1. The molecule has 0 saturated carbocycles. The zero-order chi connectivity index (χ0) is 18.2. The normalized spacial score (nSPS) is 16.7. The highest BCUT2D eigenvalue weighted by atomic mass is 16.7. The summed E-state index contributed by atoms with van der Waals surface area (Å²) in [6.45, 7) is 4.86. The zero-order valence-corrected chi connectivity index (χ0v) is 15.1. The highest BCUT2D eigenvalue weighted by Gasteiger charge is 2.18. The number of amides is 1. The first-order valence-corrected chi connectivity index (χ1v) is 8.97. The van der Waals surface area contributed by atoms with Crippen LogP contribution < -0.4 is 19.7 Å². The molecular weight excluding hydrogens is 338 g/mol. The van der Waals surface area contributed by atoms with Gasteiger partial charge in [-0.2, -0.15) is 0 Å². The van der Waals surface area contributed by atoms with E-state index in [2.05, 4.69) is 10.3 Å². The summed E-state index contributed by atoms with van der Waals surface area (Å²) < 4.78 is 21.1. The highest BCUT2D eigenvalue weighted by Crippen LogP contribution is 2.32. The van der Waals surface area contributed by atoms with Gasteiger partial charge in [0.25, 0.3) is 11.9 Å². The van der Waals surface area contributed by atoms with Crippen molar-refractivity contribution in [2.45, 2.75) is 12.8 Å². The maximum absolute atomic E-state index is 12.5. The van der Waals surface area contributed by atoms with Gasteiger partial charge in [0.2, 0.25) is 6.79 Å². The summed E-state index contributed by atoms with van der Waals surface area (Å²) in [4.78, 5) is 18.5. The number of hydrogen-bond acceptors (Lipinski definition) is 6. The Kier molecular flexibility index (Phi) is 6.68. The largest absolute Gasteiger partial charge is 0.463 e. The van der Waals surface area contributed by atoms with Crippen LogP contribution in [0.4, 0.5) is 0 Å². The van der Waals surface area contributed by atoms with Crippen LogP contribution in [0.2, 0.25) is 0 Å². The fraction of sp³-hybridized carbons (Fsp3) is 0.556. The van der Waals surface area contributed by atoms with Gasteiger partial charge in [0, 0.05) is 25.5 Å². The minimum atomic E-state index is -0.298. The SMILES string of the molecule is COCCOC(=NCC[NH+]1CCCC1)NC(=O)c1ccc2c(c1)OCO2. The molecule has 1 amide bonds. The Bertz CT molecular complexity index is 644. The van der Waals surface area contributed by atoms with Crippen molar-refractivity contribution < 1.29 is 28.6 Å². The van der Waals surface area contributed by atoms with Crippen LogP contribution in [0, 0.1) is 0 Å². The van der Waals surface area contributed by atoms with Crippen molar-refractivity contribution in [1.29, 1.82) is 0 Å². The summed E-state index contributed by atoms with van der Waals surface area (Å²) in [6.07, 6.45) is 2.55. The number of nitrogens with one attached hydrogen (secondary N) is 2. The second-order valence-corrected chi connectivity index (χ2v) is 6.26. The third-order valence-electron chi connectivity index (χ3n) is 4.41. The fourth-order valence-corrected chi connectivity index (χ4v) is 2.99. The molecule has 1 saturated heterocycles. The summed E-state index contributed by atoms with van der Waals surface area (Å²) in [7, 11) is 1.60. The number of rotatable bonds is 7. The van der Waals surface area contributed by atoms with Crippen molar-refractivity contribution in [3.05, 3.63) is 23.8 Å². The number of hydrogen-bond donors (Lipinski definition) is 2. The molecule has 2 aliphatic heterocycles. The second kappa shape index (κ2) is 9.40. The lowest BCUT2D eigenvalue weighted by atomic mass is 10.2. The fourth-order valence-electron chi connectivity index (χ4n) is 2.99. The van der Waals surface area contributed by atoms with E-state index in [1.165, 1.54) is 25.9 Å². The zero-order valence-electron chi connectivity index (χ0n) is 15.1. The molecule has 0 aliphatic carbocycles.